The number of nitrogens with one attached hydrogen (secondary N) is 2. The number of rotatable bonds is 7. The maximum atomic E-state index is 12.0. The Morgan fingerprint density at radius 1 is 1.40 bits per heavy atom. The fraction of sp³-hybridized carbons (Fsp3) is 0.933. The molecule has 3 atom stereocenters. The van der Waals surface area contributed by atoms with Crippen molar-refractivity contribution in [3.05, 3.63) is 0 Å². The van der Waals surface area contributed by atoms with Crippen molar-refractivity contribution in [2.45, 2.75) is 70.2 Å². The Balaban J connectivity index is 2.33. The van der Waals surface area contributed by atoms with Crippen LogP contribution in [0.4, 0.5) is 4.79 Å². The van der Waals surface area contributed by atoms with Gasteiger partial charge in [-0.1, -0.05) is 27.2 Å². The summed E-state index contributed by atoms with van der Waals surface area (Å²) < 4.78 is 0. The number of amides is 2. The van der Waals surface area contributed by atoms with Crippen LogP contribution in [-0.4, -0.2) is 40.8 Å². The molecule has 0 heterocycles. The van der Waals surface area contributed by atoms with E-state index in [1.165, 1.54) is 12.8 Å². The molecule has 0 aromatic heterocycles. The number of carbonyl (C=O) groups excluding carboxylic acids is 1. The van der Waals surface area contributed by atoms with Crippen LogP contribution in [0.5, 0.6) is 0 Å². The number of aliphatic hydroxyl groups is 1. The molecule has 1 fully saturated rings. The first-order valence-corrected chi connectivity index (χ1v) is 8.89. The van der Waals surface area contributed by atoms with Gasteiger partial charge in [-0.05, 0) is 37.4 Å². The molecule has 5 heteroatoms. The van der Waals surface area contributed by atoms with Gasteiger partial charge < -0.3 is 15.7 Å². The van der Waals surface area contributed by atoms with Crippen molar-refractivity contribution >= 4 is 17.8 Å². The normalized spacial score (nSPS) is 24.4. The number of hydrogen-bond donors (Lipinski definition) is 3. The Morgan fingerprint density at radius 3 is 2.75 bits per heavy atom. The molecule has 0 spiro atoms. The van der Waals surface area contributed by atoms with Crippen LogP contribution in [0.1, 0.15) is 52.9 Å². The van der Waals surface area contributed by atoms with Crippen LogP contribution in [0, 0.1) is 5.92 Å². The molecule has 1 aliphatic carbocycles. The zero-order valence-electron chi connectivity index (χ0n) is 13.0. The largest absolute Gasteiger partial charge is 0.394 e. The first-order chi connectivity index (χ1) is 9.55. The molecule has 3 unspecified atom stereocenters. The Kier molecular flexibility index (Phi) is 8.38. The lowest BCUT2D eigenvalue weighted by Gasteiger charge is -2.30. The molecular weight excluding hydrogens is 272 g/mol. The summed E-state index contributed by atoms with van der Waals surface area (Å²) >= 11 is 2.00. The van der Waals surface area contributed by atoms with Gasteiger partial charge in [0.25, 0.3) is 0 Å². The molecule has 3 N–H and O–H groups in total. The van der Waals surface area contributed by atoms with Crippen LogP contribution in [0.3, 0.4) is 0 Å². The van der Waals surface area contributed by atoms with Gasteiger partial charge in [0.05, 0.1) is 12.6 Å². The summed E-state index contributed by atoms with van der Waals surface area (Å²) in [6.45, 7) is 6.38. The van der Waals surface area contributed by atoms with E-state index in [-0.39, 0.29) is 24.7 Å². The fourth-order valence-electron chi connectivity index (χ4n) is 2.82. The van der Waals surface area contributed by atoms with Crippen LogP contribution in [0.25, 0.3) is 0 Å². The fourth-order valence-corrected chi connectivity index (χ4v) is 4.00. The van der Waals surface area contributed by atoms with Crippen LogP contribution in [0.2, 0.25) is 0 Å². The zero-order valence-corrected chi connectivity index (χ0v) is 13.8. The van der Waals surface area contributed by atoms with Crippen molar-refractivity contribution < 1.29 is 9.90 Å². The van der Waals surface area contributed by atoms with E-state index in [1.807, 2.05) is 11.8 Å². The van der Waals surface area contributed by atoms with Gasteiger partial charge in [-0.2, -0.15) is 11.8 Å². The predicted molar refractivity (Wildman–Crippen MR) is 86.2 cm³/mol. The van der Waals surface area contributed by atoms with E-state index in [0.29, 0.717) is 11.2 Å². The van der Waals surface area contributed by atoms with Gasteiger partial charge in [-0.25, -0.2) is 4.79 Å². The molecule has 0 aromatic rings. The zero-order chi connectivity index (χ0) is 15.0. The minimum absolute atomic E-state index is 0.00454. The lowest BCUT2D eigenvalue weighted by molar-refractivity contribution is 0.202. The van der Waals surface area contributed by atoms with Gasteiger partial charge in [0.1, 0.15) is 0 Å². The summed E-state index contributed by atoms with van der Waals surface area (Å²) in [5.41, 5.74) is 0. The second-order valence-electron chi connectivity index (χ2n) is 6.07. The average molecular weight is 302 g/mol. The molecule has 1 aliphatic rings. The molecule has 0 aromatic carbocycles. The standard InChI is InChI=1S/C15H30N2O2S/c1-4-20-14-7-5-6-12(9-14)16-15(19)17-13(10-18)8-11(2)3/h11-14,18H,4-10H2,1-3H3,(H2,16,17,19). The topological polar surface area (TPSA) is 61.4 Å². The quantitative estimate of drug-likeness (QED) is 0.677. The van der Waals surface area contributed by atoms with Crippen LogP contribution in [0.15, 0.2) is 0 Å². The number of hydrogen-bond acceptors (Lipinski definition) is 3. The monoisotopic (exact) mass is 302 g/mol. The van der Waals surface area contributed by atoms with E-state index < -0.39 is 0 Å². The van der Waals surface area contributed by atoms with E-state index in [2.05, 4.69) is 31.4 Å². The van der Waals surface area contributed by atoms with Crippen molar-refractivity contribution in [2.75, 3.05) is 12.4 Å². The predicted octanol–water partition coefficient (Wildman–Crippen LogP) is 2.76. The first-order valence-electron chi connectivity index (χ1n) is 7.84. The van der Waals surface area contributed by atoms with Crippen LogP contribution in [-0.2, 0) is 0 Å². The Labute approximate surface area is 127 Å². The molecule has 1 saturated carbocycles. The van der Waals surface area contributed by atoms with E-state index >= 15 is 0 Å². The summed E-state index contributed by atoms with van der Waals surface area (Å²) in [6.07, 6.45) is 5.41. The number of carbonyl (C=O) groups is 1. The highest BCUT2D eigenvalue weighted by atomic mass is 32.2. The molecule has 0 radical (unpaired) electrons. The van der Waals surface area contributed by atoms with Gasteiger partial charge >= 0.3 is 6.03 Å². The van der Waals surface area contributed by atoms with E-state index in [9.17, 15) is 9.90 Å². The third-order valence-corrected chi connectivity index (χ3v) is 4.91. The van der Waals surface area contributed by atoms with Crippen molar-refractivity contribution in [1.29, 1.82) is 0 Å². The Bertz CT molecular complexity index is 285. The van der Waals surface area contributed by atoms with Crippen molar-refractivity contribution in [3.63, 3.8) is 0 Å². The molecular formula is C15H30N2O2S. The Hall–Kier alpha value is -0.420. The molecule has 4 nitrogen and oxygen atoms in total. The molecule has 0 aliphatic heterocycles. The lowest BCUT2D eigenvalue weighted by atomic mass is 9.95. The second-order valence-corrected chi connectivity index (χ2v) is 7.65. The lowest BCUT2D eigenvalue weighted by Crippen LogP contribution is -2.49. The summed E-state index contributed by atoms with van der Waals surface area (Å²) in [5, 5.41) is 15.9. The molecule has 0 bridgehead atoms. The van der Waals surface area contributed by atoms with E-state index in [4.69, 9.17) is 0 Å². The molecule has 20 heavy (non-hydrogen) atoms. The summed E-state index contributed by atoms with van der Waals surface area (Å²) in [4.78, 5) is 12.0. The third kappa shape index (κ3) is 6.84. The minimum atomic E-state index is -0.139. The second kappa shape index (κ2) is 9.50. The van der Waals surface area contributed by atoms with Crippen molar-refractivity contribution in [1.82, 2.24) is 10.6 Å². The molecule has 1 rings (SSSR count). The highest BCUT2D eigenvalue weighted by molar-refractivity contribution is 7.99. The molecule has 118 valence electrons. The highest BCUT2D eigenvalue weighted by Crippen LogP contribution is 2.28. The van der Waals surface area contributed by atoms with Gasteiger partial charge in [0.2, 0.25) is 0 Å². The summed E-state index contributed by atoms with van der Waals surface area (Å²) in [7, 11) is 0. The van der Waals surface area contributed by atoms with E-state index in [0.717, 1.165) is 25.0 Å². The first kappa shape index (κ1) is 17.6. The maximum absolute atomic E-state index is 12.0. The third-order valence-electron chi connectivity index (χ3n) is 3.68. The van der Waals surface area contributed by atoms with Gasteiger partial charge in [-0.3, -0.25) is 0 Å². The van der Waals surface area contributed by atoms with Crippen LogP contribution >= 0.6 is 11.8 Å². The molecule has 2 amide bonds. The smallest absolute Gasteiger partial charge is 0.315 e. The minimum Gasteiger partial charge on any atom is -0.394 e. The average Bonchev–Trinajstić information content (AvgIpc) is 2.38. The number of aliphatic hydroxyl groups excluding tert-OH is 1. The van der Waals surface area contributed by atoms with Crippen LogP contribution < -0.4 is 10.6 Å². The maximum Gasteiger partial charge on any atom is 0.315 e. The summed E-state index contributed by atoms with van der Waals surface area (Å²) in [6, 6.07) is 0.0162. The number of urea groups is 1. The number of thioether (sulfide) groups is 1. The summed E-state index contributed by atoms with van der Waals surface area (Å²) in [5.74, 6) is 1.61. The van der Waals surface area contributed by atoms with Crippen molar-refractivity contribution in [3.8, 4) is 0 Å². The van der Waals surface area contributed by atoms with Crippen molar-refractivity contribution in [2.24, 2.45) is 5.92 Å². The van der Waals surface area contributed by atoms with Gasteiger partial charge in [-0.15, -0.1) is 0 Å². The van der Waals surface area contributed by atoms with Gasteiger partial charge in [0.15, 0.2) is 0 Å². The van der Waals surface area contributed by atoms with Gasteiger partial charge in [0, 0.05) is 11.3 Å². The van der Waals surface area contributed by atoms with E-state index in [1.54, 1.807) is 0 Å². The Morgan fingerprint density at radius 2 is 2.15 bits per heavy atom. The molecule has 0 saturated heterocycles. The SMILES string of the molecule is CCSC1CCCC(NC(=O)NC(CO)CC(C)C)C1. The highest BCUT2D eigenvalue weighted by Gasteiger charge is 2.23.